The van der Waals surface area contributed by atoms with Crippen LogP contribution in [0, 0.1) is 6.92 Å². The number of hydrogen-bond donors (Lipinski definition) is 0. The maximum absolute atomic E-state index is 12.5. The number of carbonyl (C=O) groups excluding carboxylic acids is 2. The van der Waals surface area contributed by atoms with Crippen molar-refractivity contribution < 1.29 is 14.3 Å². The Morgan fingerprint density at radius 1 is 1.14 bits per heavy atom. The Labute approximate surface area is 174 Å². The van der Waals surface area contributed by atoms with Crippen LogP contribution < -0.4 is 4.74 Å². The number of unbranched alkanes of at least 4 members (excludes halogenated alkanes) is 1. The Morgan fingerprint density at radius 2 is 1.82 bits per heavy atom. The Bertz CT molecular complexity index is 918. The largest absolute Gasteiger partial charge is 0.423 e. The number of thiocarbonyl (C=S) groups is 1. The van der Waals surface area contributed by atoms with Gasteiger partial charge >= 0.3 is 5.97 Å². The van der Waals surface area contributed by atoms with E-state index in [1.807, 2.05) is 37.3 Å². The summed E-state index contributed by atoms with van der Waals surface area (Å²) in [5.74, 6) is 0.0149. The number of benzene rings is 2. The molecule has 2 aromatic carbocycles. The van der Waals surface area contributed by atoms with E-state index in [0.717, 1.165) is 24.0 Å². The van der Waals surface area contributed by atoms with Crippen molar-refractivity contribution >= 4 is 46.3 Å². The zero-order valence-electron chi connectivity index (χ0n) is 15.8. The molecule has 0 unspecified atom stereocenters. The smallest absolute Gasteiger partial charge is 0.343 e. The van der Waals surface area contributed by atoms with Gasteiger partial charge in [0.15, 0.2) is 0 Å². The molecule has 4 nitrogen and oxygen atoms in total. The van der Waals surface area contributed by atoms with E-state index in [-0.39, 0.29) is 5.91 Å². The Morgan fingerprint density at radius 3 is 2.46 bits per heavy atom. The first kappa shape index (κ1) is 20.3. The van der Waals surface area contributed by atoms with Gasteiger partial charge in [0.25, 0.3) is 5.91 Å². The molecule has 1 saturated heterocycles. The molecular weight excluding hydrogens is 390 g/mol. The number of hydrogen-bond acceptors (Lipinski definition) is 5. The van der Waals surface area contributed by atoms with E-state index in [1.165, 1.54) is 11.8 Å². The third-order valence-corrected chi connectivity index (χ3v) is 5.66. The molecule has 2 aromatic rings. The number of thioether (sulfide) groups is 1. The third-order valence-electron chi connectivity index (χ3n) is 4.28. The highest BCUT2D eigenvalue weighted by Crippen LogP contribution is 2.33. The van der Waals surface area contributed by atoms with Crippen LogP contribution in [0.4, 0.5) is 0 Å². The maximum Gasteiger partial charge on any atom is 0.343 e. The first-order valence-electron chi connectivity index (χ1n) is 9.12. The summed E-state index contributed by atoms with van der Waals surface area (Å²) < 4.78 is 6.01. The van der Waals surface area contributed by atoms with Crippen LogP contribution in [0.5, 0.6) is 5.75 Å². The van der Waals surface area contributed by atoms with Gasteiger partial charge in [-0.3, -0.25) is 9.69 Å². The van der Waals surface area contributed by atoms with Crippen LogP contribution in [0.3, 0.4) is 0 Å². The zero-order chi connectivity index (χ0) is 20.1. The van der Waals surface area contributed by atoms with Gasteiger partial charge in [-0.1, -0.05) is 67.2 Å². The predicted molar refractivity (Wildman–Crippen MR) is 117 cm³/mol. The number of carbonyl (C=O) groups is 2. The number of ether oxygens (including phenoxy) is 1. The van der Waals surface area contributed by atoms with Gasteiger partial charge in [0, 0.05) is 6.54 Å². The Balaban J connectivity index is 1.66. The normalized spacial score (nSPS) is 15.4. The first-order valence-corrected chi connectivity index (χ1v) is 10.3. The molecule has 0 N–H and O–H groups in total. The van der Waals surface area contributed by atoms with E-state index < -0.39 is 5.97 Å². The van der Waals surface area contributed by atoms with E-state index in [0.29, 0.717) is 27.1 Å². The molecule has 1 fully saturated rings. The summed E-state index contributed by atoms with van der Waals surface area (Å²) in [6.45, 7) is 4.71. The van der Waals surface area contributed by atoms with Crippen molar-refractivity contribution in [1.82, 2.24) is 4.90 Å². The lowest BCUT2D eigenvalue weighted by Gasteiger charge is -2.13. The van der Waals surface area contributed by atoms with Crippen LogP contribution in [0.25, 0.3) is 6.08 Å². The van der Waals surface area contributed by atoms with Gasteiger partial charge in [-0.15, -0.1) is 0 Å². The summed E-state index contributed by atoms with van der Waals surface area (Å²) >= 11 is 6.64. The van der Waals surface area contributed by atoms with Gasteiger partial charge in [0.05, 0.1) is 10.5 Å². The Hall–Kier alpha value is -2.44. The lowest BCUT2D eigenvalue weighted by Crippen LogP contribution is -2.28. The lowest BCUT2D eigenvalue weighted by molar-refractivity contribution is -0.122. The van der Waals surface area contributed by atoms with E-state index in [4.69, 9.17) is 17.0 Å². The second-order valence-electron chi connectivity index (χ2n) is 6.51. The molecule has 1 aliphatic rings. The molecule has 0 atom stereocenters. The fourth-order valence-corrected chi connectivity index (χ4v) is 3.96. The van der Waals surface area contributed by atoms with Crippen molar-refractivity contribution in [2.24, 2.45) is 0 Å². The van der Waals surface area contributed by atoms with E-state index in [9.17, 15) is 9.59 Å². The highest BCUT2D eigenvalue weighted by Gasteiger charge is 2.31. The minimum Gasteiger partial charge on any atom is -0.423 e. The zero-order valence-corrected chi connectivity index (χ0v) is 17.4. The fraction of sp³-hybridized carbons (Fsp3) is 0.227. The van der Waals surface area contributed by atoms with Gasteiger partial charge in [-0.2, -0.15) is 0 Å². The van der Waals surface area contributed by atoms with Gasteiger partial charge in [0.2, 0.25) is 0 Å². The van der Waals surface area contributed by atoms with Crippen LogP contribution in [0.2, 0.25) is 0 Å². The quantitative estimate of drug-likeness (QED) is 0.282. The van der Waals surface area contributed by atoms with Crippen molar-refractivity contribution in [3.63, 3.8) is 0 Å². The number of aryl methyl sites for hydroxylation is 1. The van der Waals surface area contributed by atoms with Crippen LogP contribution >= 0.6 is 24.0 Å². The summed E-state index contributed by atoms with van der Waals surface area (Å²) in [7, 11) is 0. The van der Waals surface area contributed by atoms with E-state index in [2.05, 4.69) is 6.92 Å². The van der Waals surface area contributed by atoms with Crippen LogP contribution in [-0.4, -0.2) is 27.6 Å². The molecule has 0 bridgehead atoms. The SMILES string of the molecule is CCCCN1C(=O)/C(=C\c2ccc(OC(=O)c3ccc(C)cc3)cc2)SC1=S. The lowest BCUT2D eigenvalue weighted by atomic mass is 10.1. The van der Waals surface area contributed by atoms with E-state index >= 15 is 0 Å². The van der Waals surface area contributed by atoms with Gasteiger partial charge in [0.1, 0.15) is 10.1 Å². The first-order chi connectivity index (χ1) is 13.5. The molecule has 1 aliphatic heterocycles. The number of amides is 1. The minimum atomic E-state index is -0.399. The average Bonchev–Trinajstić information content (AvgIpc) is 2.95. The molecule has 3 rings (SSSR count). The van der Waals surface area contributed by atoms with Crippen molar-refractivity contribution in [1.29, 1.82) is 0 Å². The molecule has 28 heavy (non-hydrogen) atoms. The number of nitrogens with zero attached hydrogens (tertiary/aromatic N) is 1. The molecule has 0 aromatic heterocycles. The number of rotatable bonds is 6. The number of esters is 1. The molecule has 0 saturated carbocycles. The molecule has 1 amide bonds. The van der Waals surface area contributed by atoms with Gasteiger partial charge in [-0.25, -0.2) is 4.79 Å². The summed E-state index contributed by atoms with van der Waals surface area (Å²) in [6, 6.07) is 14.3. The van der Waals surface area contributed by atoms with Crippen LogP contribution in [-0.2, 0) is 4.79 Å². The summed E-state index contributed by atoms with van der Waals surface area (Å²) in [4.78, 5) is 27.0. The molecule has 0 aliphatic carbocycles. The van der Waals surface area contributed by atoms with E-state index in [1.54, 1.807) is 29.2 Å². The van der Waals surface area contributed by atoms with Crippen LogP contribution in [0.1, 0.15) is 41.3 Å². The maximum atomic E-state index is 12.5. The topological polar surface area (TPSA) is 46.6 Å². The van der Waals surface area contributed by atoms with Crippen molar-refractivity contribution in [3.05, 3.63) is 70.1 Å². The van der Waals surface area contributed by atoms with Gasteiger partial charge < -0.3 is 4.74 Å². The minimum absolute atomic E-state index is 0.0432. The summed E-state index contributed by atoms with van der Waals surface area (Å²) in [6.07, 6.45) is 3.76. The fourth-order valence-electron chi connectivity index (χ4n) is 2.65. The monoisotopic (exact) mass is 411 g/mol. The summed E-state index contributed by atoms with van der Waals surface area (Å²) in [5.41, 5.74) is 2.44. The Kier molecular flexibility index (Phi) is 6.65. The highest BCUT2D eigenvalue weighted by atomic mass is 32.2. The highest BCUT2D eigenvalue weighted by molar-refractivity contribution is 8.26. The molecule has 6 heteroatoms. The van der Waals surface area contributed by atoms with Crippen molar-refractivity contribution in [3.8, 4) is 5.75 Å². The molecular formula is C22H21NO3S2. The summed E-state index contributed by atoms with van der Waals surface area (Å²) in [5, 5.41) is 0. The second-order valence-corrected chi connectivity index (χ2v) is 8.19. The third kappa shape index (κ3) is 4.88. The average molecular weight is 412 g/mol. The van der Waals surface area contributed by atoms with Crippen molar-refractivity contribution in [2.75, 3.05) is 6.54 Å². The van der Waals surface area contributed by atoms with Gasteiger partial charge in [-0.05, 0) is 49.2 Å². The van der Waals surface area contributed by atoms with Crippen LogP contribution in [0.15, 0.2) is 53.4 Å². The predicted octanol–water partition coefficient (Wildman–Crippen LogP) is 5.22. The molecule has 1 heterocycles. The van der Waals surface area contributed by atoms with Crippen molar-refractivity contribution in [2.45, 2.75) is 26.7 Å². The second kappa shape index (κ2) is 9.17. The molecule has 144 valence electrons. The standard InChI is InChI=1S/C22H21NO3S2/c1-3-4-13-23-20(24)19(28-22(23)27)14-16-7-11-18(12-8-16)26-21(25)17-9-5-15(2)6-10-17/h5-12,14H,3-4,13H2,1-2H3/b19-14+. The molecule has 0 radical (unpaired) electrons. The molecule has 0 spiro atoms.